The van der Waals surface area contributed by atoms with Crippen molar-refractivity contribution < 1.29 is 14.3 Å². The molecular weight excluding hydrogens is 344 g/mol. The summed E-state index contributed by atoms with van der Waals surface area (Å²) < 4.78 is 5.61. The standard InChI is InChI=1S/C20H28N4O3/c1-14-20(26)22-17-10-16(4-5-18(17)27-14)12-23-6-8-24(9-7-23)13-19(25)21-11-15-2-3-15/h4-5,10,14-15H,2-3,6-9,11-13H2,1H3,(H,21,25)(H,22,26). The van der Waals surface area contributed by atoms with E-state index in [0.29, 0.717) is 6.54 Å². The van der Waals surface area contributed by atoms with E-state index in [0.717, 1.165) is 62.2 Å². The number of carbonyl (C=O) groups is 2. The maximum absolute atomic E-state index is 12.0. The molecule has 0 bridgehead atoms. The molecular formula is C20H28N4O3. The molecule has 7 nitrogen and oxygen atoms in total. The topological polar surface area (TPSA) is 73.9 Å². The molecule has 2 aliphatic heterocycles. The van der Waals surface area contributed by atoms with Gasteiger partial charge in [0.1, 0.15) is 5.75 Å². The van der Waals surface area contributed by atoms with E-state index in [-0.39, 0.29) is 11.8 Å². The summed E-state index contributed by atoms with van der Waals surface area (Å²) >= 11 is 0. The summed E-state index contributed by atoms with van der Waals surface area (Å²) in [5.74, 6) is 1.50. The van der Waals surface area contributed by atoms with Crippen molar-refractivity contribution in [3.8, 4) is 5.75 Å². The smallest absolute Gasteiger partial charge is 0.265 e. The molecule has 27 heavy (non-hydrogen) atoms. The van der Waals surface area contributed by atoms with Gasteiger partial charge in [-0.3, -0.25) is 19.4 Å². The van der Waals surface area contributed by atoms with Crippen LogP contribution in [0.25, 0.3) is 0 Å². The Morgan fingerprint density at radius 2 is 1.96 bits per heavy atom. The quantitative estimate of drug-likeness (QED) is 0.781. The van der Waals surface area contributed by atoms with Gasteiger partial charge in [0.25, 0.3) is 5.91 Å². The van der Waals surface area contributed by atoms with Gasteiger partial charge in [-0.05, 0) is 43.4 Å². The first kappa shape index (κ1) is 18.3. The Morgan fingerprint density at radius 1 is 1.22 bits per heavy atom. The van der Waals surface area contributed by atoms with Crippen LogP contribution in [0.15, 0.2) is 18.2 Å². The Balaban J connectivity index is 1.24. The Bertz CT molecular complexity index is 711. The van der Waals surface area contributed by atoms with Crippen molar-refractivity contribution in [3.05, 3.63) is 23.8 Å². The average Bonchev–Trinajstić information content (AvgIpc) is 3.47. The fourth-order valence-corrected chi connectivity index (χ4v) is 3.56. The number of hydrogen-bond acceptors (Lipinski definition) is 5. The number of amides is 2. The second kappa shape index (κ2) is 7.86. The summed E-state index contributed by atoms with van der Waals surface area (Å²) in [4.78, 5) is 28.4. The van der Waals surface area contributed by atoms with Crippen LogP contribution >= 0.6 is 0 Å². The van der Waals surface area contributed by atoms with Gasteiger partial charge in [-0.1, -0.05) is 6.07 Å². The van der Waals surface area contributed by atoms with E-state index in [1.165, 1.54) is 12.8 Å². The summed E-state index contributed by atoms with van der Waals surface area (Å²) in [5, 5.41) is 5.94. The second-order valence-electron chi connectivity index (χ2n) is 7.88. The minimum absolute atomic E-state index is 0.103. The Morgan fingerprint density at radius 3 is 2.70 bits per heavy atom. The fraction of sp³-hybridized carbons (Fsp3) is 0.600. The number of carbonyl (C=O) groups excluding carboxylic acids is 2. The average molecular weight is 372 g/mol. The number of nitrogens with zero attached hydrogens (tertiary/aromatic N) is 2. The van der Waals surface area contributed by atoms with E-state index in [1.807, 2.05) is 12.1 Å². The van der Waals surface area contributed by atoms with E-state index in [2.05, 4.69) is 26.5 Å². The van der Waals surface area contributed by atoms with Crippen LogP contribution in [0.4, 0.5) is 5.69 Å². The van der Waals surface area contributed by atoms with E-state index < -0.39 is 6.10 Å². The number of rotatable bonds is 6. The van der Waals surface area contributed by atoms with E-state index >= 15 is 0 Å². The molecule has 2 fully saturated rings. The number of hydrogen-bond donors (Lipinski definition) is 2. The molecule has 2 N–H and O–H groups in total. The molecule has 1 atom stereocenters. The van der Waals surface area contributed by atoms with Gasteiger partial charge in [-0.25, -0.2) is 0 Å². The molecule has 1 aromatic rings. The minimum Gasteiger partial charge on any atom is -0.479 e. The molecule has 1 aromatic carbocycles. The number of nitrogens with one attached hydrogen (secondary N) is 2. The van der Waals surface area contributed by atoms with E-state index in [9.17, 15) is 9.59 Å². The third kappa shape index (κ3) is 4.78. The van der Waals surface area contributed by atoms with Crippen LogP contribution in [0, 0.1) is 5.92 Å². The van der Waals surface area contributed by atoms with Crippen LogP contribution in [-0.4, -0.2) is 67.0 Å². The fourth-order valence-electron chi connectivity index (χ4n) is 3.56. The Hall–Kier alpha value is -2.12. The zero-order chi connectivity index (χ0) is 18.8. The summed E-state index contributed by atoms with van der Waals surface area (Å²) in [5.41, 5.74) is 1.91. The van der Waals surface area contributed by atoms with Crippen molar-refractivity contribution in [1.82, 2.24) is 15.1 Å². The number of fused-ring (bicyclic) bond motifs is 1. The SMILES string of the molecule is CC1Oc2ccc(CN3CCN(CC(=O)NCC4CC4)CC3)cc2NC1=O. The molecule has 1 saturated heterocycles. The summed E-state index contributed by atoms with van der Waals surface area (Å²) in [6.07, 6.45) is 2.07. The van der Waals surface area contributed by atoms with Crippen molar-refractivity contribution >= 4 is 17.5 Å². The van der Waals surface area contributed by atoms with Crippen LogP contribution in [0.3, 0.4) is 0 Å². The lowest BCUT2D eigenvalue weighted by molar-refractivity contribution is -0.123. The molecule has 0 aromatic heterocycles. The number of benzene rings is 1. The minimum atomic E-state index is -0.446. The molecule has 146 valence electrons. The first-order chi connectivity index (χ1) is 13.1. The lowest BCUT2D eigenvalue weighted by Gasteiger charge is -2.34. The van der Waals surface area contributed by atoms with E-state index in [1.54, 1.807) is 6.92 Å². The first-order valence-corrected chi connectivity index (χ1v) is 9.88. The summed E-state index contributed by atoms with van der Waals surface area (Å²) in [6.45, 7) is 7.60. The molecule has 1 aliphatic carbocycles. The van der Waals surface area contributed by atoms with Crippen LogP contribution in [0.5, 0.6) is 5.75 Å². The lowest BCUT2D eigenvalue weighted by Crippen LogP contribution is -2.49. The second-order valence-corrected chi connectivity index (χ2v) is 7.88. The first-order valence-electron chi connectivity index (χ1n) is 9.88. The van der Waals surface area contributed by atoms with Gasteiger partial charge in [-0.15, -0.1) is 0 Å². The monoisotopic (exact) mass is 372 g/mol. The van der Waals surface area contributed by atoms with Crippen LogP contribution in [0.1, 0.15) is 25.3 Å². The Labute approximate surface area is 160 Å². The highest BCUT2D eigenvalue weighted by Crippen LogP contribution is 2.31. The zero-order valence-electron chi connectivity index (χ0n) is 15.9. The van der Waals surface area contributed by atoms with Crippen LogP contribution < -0.4 is 15.4 Å². The summed E-state index contributed by atoms with van der Waals surface area (Å²) in [7, 11) is 0. The van der Waals surface area contributed by atoms with Crippen molar-refractivity contribution in [2.75, 3.05) is 44.6 Å². The van der Waals surface area contributed by atoms with E-state index in [4.69, 9.17) is 4.74 Å². The molecule has 4 rings (SSSR count). The highest BCUT2D eigenvalue weighted by atomic mass is 16.5. The molecule has 7 heteroatoms. The molecule has 2 heterocycles. The number of ether oxygens (including phenoxy) is 1. The molecule has 0 spiro atoms. The van der Waals surface area contributed by atoms with Gasteiger partial charge in [0.05, 0.1) is 12.2 Å². The van der Waals surface area contributed by atoms with Crippen molar-refractivity contribution in [2.45, 2.75) is 32.4 Å². The lowest BCUT2D eigenvalue weighted by atomic mass is 10.1. The predicted molar refractivity (Wildman–Crippen MR) is 103 cm³/mol. The predicted octanol–water partition coefficient (Wildman–Crippen LogP) is 1.05. The number of piperazine rings is 1. The van der Waals surface area contributed by atoms with Crippen molar-refractivity contribution in [1.29, 1.82) is 0 Å². The third-order valence-corrected chi connectivity index (χ3v) is 5.50. The number of anilines is 1. The van der Waals surface area contributed by atoms with Crippen molar-refractivity contribution in [2.24, 2.45) is 5.92 Å². The summed E-state index contributed by atoms with van der Waals surface area (Å²) in [6, 6.07) is 5.98. The van der Waals surface area contributed by atoms with Crippen LogP contribution in [0.2, 0.25) is 0 Å². The van der Waals surface area contributed by atoms with Gasteiger partial charge in [0, 0.05) is 39.3 Å². The van der Waals surface area contributed by atoms with Gasteiger partial charge < -0.3 is 15.4 Å². The Kier molecular flexibility index (Phi) is 5.31. The molecule has 2 amide bonds. The molecule has 1 unspecified atom stereocenters. The highest BCUT2D eigenvalue weighted by Gasteiger charge is 2.25. The van der Waals surface area contributed by atoms with Gasteiger partial charge in [-0.2, -0.15) is 0 Å². The maximum Gasteiger partial charge on any atom is 0.265 e. The molecule has 1 saturated carbocycles. The molecule has 0 radical (unpaired) electrons. The molecule has 3 aliphatic rings. The van der Waals surface area contributed by atoms with Gasteiger partial charge >= 0.3 is 0 Å². The maximum atomic E-state index is 12.0. The van der Waals surface area contributed by atoms with Gasteiger partial charge in [0.15, 0.2) is 6.10 Å². The largest absolute Gasteiger partial charge is 0.479 e. The normalized spacial score (nSPS) is 23.3. The van der Waals surface area contributed by atoms with Crippen molar-refractivity contribution in [3.63, 3.8) is 0 Å². The van der Waals surface area contributed by atoms with Gasteiger partial charge in [0.2, 0.25) is 5.91 Å². The zero-order valence-corrected chi connectivity index (χ0v) is 15.9. The van der Waals surface area contributed by atoms with Crippen LogP contribution in [-0.2, 0) is 16.1 Å². The third-order valence-electron chi connectivity index (χ3n) is 5.50. The highest BCUT2D eigenvalue weighted by molar-refractivity contribution is 5.97.